The zero-order valence-corrected chi connectivity index (χ0v) is 17.0. The minimum Gasteiger partial charge on any atom is -0.465 e. The first-order chi connectivity index (χ1) is 13.9. The molecule has 3 rings (SSSR count). The van der Waals surface area contributed by atoms with Crippen LogP contribution < -0.4 is 10.2 Å². The molecular formula is C23H26N2O4. The quantitative estimate of drug-likeness (QED) is 0.790. The van der Waals surface area contributed by atoms with Gasteiger partial charge in [-0.2, -0.15) is 0 Å². The van der Waals surface area contributed by atoms with E-state index in [1.807, 2.05) is 37.3 Å². The molecule has 1 aliphatic heterocycles. The van der Waals surface area contributed by atoms with Crippen molar-refractivity contribution < 1.29 is 19.1 Å². The highest BCUT2D eigenvalue weighted by Gasteiger charge is 2.28. The molecule has 1 unspecified atom stereocenters. The fraction of sp³-hybridized carbons (Fsp3) is 0.348. The summed E-state index contributed by atoms with van der Waals surface area (Å²) in [5, 5.41) is 2.89. The van der Waals surface area contributed by atoms with Crippen molar-refractivity contribution in [3.8, 4) is 0 Å². The molecule has 0 aliphatic carbocycles. The number of carbonyl (C=O) groups is 3. The Morgan fingerprint density at radius 1 is 1.14 bits per heavy atom. The van der Waals surface area contributed by atoms with Gasteiger partial charge in [0.25, 0.3) is 0 Å². The molecule has 2 amide bonds. The standard InChI is InChI=1S/C23H26N2O4/c1-15-9-11-17(12-10-15)20(24-16(2)26)14-22(27)25-13-5-7-18-19(23(28)29-3)6-4-8-21(18)25/h4,6,8-12,20H,5,7,13-14H2,1-3H3,(H,24,26). The summed E-state index contributed by atoms with van der Waals surface area (Å²) in [6.45, 7) is 4.02. The Balaban J connectivity index is 1.87. The summed E-state index contributed by atoms with van der Waals surface area (Å²) in [7, 11) is 1.35. The Kier molecular flexibility index (Phi) is 6.32. The van der Waals surface area contributed by atoms with E-state index in [0.717, 1.165) is 35.2 Å². The van der Waals surface area contributed by atoms with Gasteiger partial charge in [0.15, 0.2) is 0 Å². The molecule has 1 heterocycles. The monoisotopic (exact) mass is 394 g/mol. The first kappa shape index (κ1) is 20.6. The number of aryl methyl sites for hydroxylation is 1. The van der Waals surface area contributed by atoms with E-state index in [4.69, 9.17) is 4.74 Å². The number of anilines is 1. The van der Waals surface area contributed by atoms with Crippen LogP contribution in [-0.4, -0.2) is 31.4 Å². The number of ether oxygens (including phenoxy) is 1. The van der Waals surface area contributed by atoms with Gasteiger partial charge >= 0.3 is 5.97 Å². The molecule has 2 aromatic carbocycles. The lowest BCUT2D eigenvalue weighted by Gasteiger charge is -2.32. The van der Waals surface area contributed by atoms with Gasteiger partial charge in [-0.25, -0.2) is 4.79 Å². The van der Waals surface area contributed by atoms with Crippen LogP contribution in [0.3, 0.4) is 0 Å². The van der Waals surface area contributed by atoms with Gasteiger partial charge in [0.2, 0.25) is 11.8 Å². The van der Waals surface area contributed by atoms with E-state index in [9.17, 15) is 14.4 Å². The number of hydrogen-bond donors (Lipinski definition) is 1. The number of amides is 2. The molecular weight excluding hydrogens is 368 g/mol. The van der Waals surface area contributed by atoms with Gasteiger partial charge in [0.05, 0.1) is 25.1 Å². The predicted molar refractivity (Wildman–Crippen MR) is 111 cm³/mol. The van der Waals surface area contributed by atoms with Crippen LogP contribution in [-0.2, 0) is 20.7 Å². The number of hydrogen-bond acceptors (Lipinski definition) is 4. The highest BCUT2D eigenvalue weighted by Crippen LogP contribution is 2.32. The summed E-state index contributed by atoms with van der Waals surface area (Å²) in [6.07, 6.45) is 1.63. The Morgan fingerprint density at radius 2 is 1.86 bits per heavy atom. The molecule has 0 spiro atoms. The minimum absolute atomic E-state index is 0.0905. The van der Waals surface area contributed by atoms with Crippen molar-refractivity contribution in [3.05, 3.63) is 64.7 Å². The molecule has 1 atom stereocenters. The van der Waals surface area contributed by atoms with Crippen molar-refractivity contribution in [2.75, 3.05) is 18.6 Å². The normalized spacial score (nSPS) is 14.0. The minimum atomic E-state index is -0.408. The van der Waals surface area contributed by atoms with Gasteiger partial charge in [-0.15, -0.1) is 0 Å². The highest BCUT2D eigenvalue weighted by molar-refractivity contribution is 5.99. The van der Waals surface area contributed by atoms with E-state index in [2.05, 4.69) is 5.32 Å². The van der Waals surface area contributed by atoms with Gasteiger partial charge < -0.3 is 15.0 Å². The lowest BCUT2D eigenvalue weighted by atomic mass is 9.95. The van der Waals surface area contributed by atoms with Crippen LogP contribution in [0.2, 0.25) is 0 Å². The van der Waals surface area contributed by atoms with Crippen LogP contribution in [0.5, 0.6) is 0 Å². The zero-order chi connectivity index (χ0) is 21.0. The van der Waals surface area contributed by atoms with Crippen LogP contribution in [0.4, 0.5) is 5.69 Å². The maximum absolute atomic E-state index is 13.2. The third kappa shape index (κ3) is 4.65. The molecule has 2 aromatic rings. The maximum Gasteiger partial charge on any atom is 0.338 e. The number of nitrogens with one attached hydrogen (secondary N) is 1. The molecule has 0 radical (unpaired) electrons. The molecule has 152 valence electrons. The third-order valence-electron chi connectivity index (χ3n) is 5.19. The van der Waals surface area contributed by atoms with Crippen molar-refractivity contribution in [1.82, 2.24) is 5.32 Å². The number of nitrogens with zero attached hydrogens (tertiary/aromatic N) is 1. The summed E-state index contributed by atoms with van der Waals surface area (Å²) in [4.78, 5) is 38.7. The topological polar surface area (TPSA) is 75.7 Å². The number of benzene rings is 2. The van der Waals surface area contributed by atoms with E-state index in [-0.39, 0.29) is 18.2 Å². The fourth-order valence-corrected chi connectivity index (χ4v) is 3.77. The first-order valence-electron chi connectivity index (χ1n) is 9.75. The Bertz CT molecular complexity index is 921. The molecule has 0 saturated heterocycles. The molecule has 6 heteroatoms. The summed E-state index contributed by atoms with van der Waals surface area (Å²) < 4.78 is 4.88. The van der Waals surface area contributed by atoms with Crippen molar-refractivity contribution in [2.45, 2.75) is 39.2 Å². The van der Waals surface area contributed by atoms with Crippen LogP contribution in [0, 0.1) is 6.92 Å². The van der Waals surface area contributed by atoms with Crippen molar-refractivity contribution in [3.63, 3.8) is 0 Å². The Labute approximate surface area is 170 Å². The number of carbonyl (C=O) groups excluding carboxylic acids is 3. The van der Waals surface area contributed by atoms with Gasteiger partial charge in [-0.3, -0.25) is 9.59 Å². The van der Waals surface area contributed by atoms with E-state index >= 15 is 0 Å². The molecule has 1 aliphatic rings. The fourth-order valence-electron chi connectivity index (χ4n) is 3.77. The molecule has 0 bridgehead atoms. The van der Waals surface area contributed by atoms with Crippen molar-refractivity contribution in [1.29, 1.82) is 0 Å². The molecule has 6 nitrogen and oxygen atoms in total. The van der Waals surface area contributed by atoms with E-state index in [1.54, 1.807) is 17.0 Å². The lowest BCUT2D eigenvalue weighted by molar-refractivity contribution is -0.121. The largest absolute Gasteiger partial charge is 0.465 e. The van der Waals surface area contributed by atoms with E-state index < -0.39 is 12.0 Å². The van der Waals surface area contributed by atoms with Crippen LogP contribution in [0.15, 0.2) is 42.5 Å². The van der Waals surface area contributed by atoms with Gasteiger partial charge in [0, 0.05) is 19.2 Å². The number of rotatable bonds is 5. The van der Waals surface area contributed by atoms with Gasteiger partial charge in [-0.05, 0) is 43.0 Å². The first-order valence-corrected chi connectivity index (χ1v) is 9.75. The second-order valence-electron chi connectivity index (χ2n) is 7.31. The predicted octanol–water partition coefficient (Wildman–Crippen LogP) is 3.33. The van der Waals surface area contributed by atoms with Gasteiger partial charge in [-0.1, -0.05) is 35.9 Å². The smallest absolute Gasteiger partial charge is 0.338 e. The van der Waals surface area contributed by atoms with Crippen LogP contribution in [0.1, 0.15) is 52.9 Å². The average molecular weight is 394 g/mol. The number of fused-ring (bicyclic) bond motifs is 1. The molecule has 1 N–H and O–H groups in total. The zero-order valence-electron chi connectivity index (χ0n) is 17.0. The number of methoxy groups -OCH3 is 1. The molecule has 29 heavy (non-hydrogen) atoms. The molecule has 0 saturated carbocycles. The van der Waals surface area contributed by atoms with Crippen LogP contribution >= 0.6 is 0 Å². The van der Waals surface area contributed by atoms with Crippen molar-refractivity contribution >= 4 is 23.5 Å². The summed E-state index contributed by atoms with van der Waals surface area (Å²) in [5.41, 5.74) is 4.08. The van der Waals surface area contributed by atoms with Crippen molar-refractivity contribution in [2.24, 2.45) is 0 Å². The SMILES string of the molecule is COC(=O)c1cccc2c1CCCN2C(=O)CC(NC(C)=O)c1ccc(C)cc1. The second-order valence-corrected chi connectivity index (χ2v) is 7.31. The third-order valence-corrected chi connectivity index (χ3v) is 5.19. The summed E-state index contributed by atoms with van der Waals surface area (Å²) in [6, 6.07) is 12.7. The Morgan fingerprint density at radius 3 is 2.52 bits per heavy atom. The second kappa shape index (κ2) is 8.90. The van der Waals surface area contributed by atoms with E-state index in [1.165, 1.54) is 14.0 Å². The average Bonchev–Trinajstić information content (AvgIpc) is 2.72. The summed E-state index contributed by atoms with van der Waals surface area (Å²) >= 11 is 0. The highest BCUT2D eigenvalue weighted by atomic mass is 16.5. The van der Waals surface area contributed by atoms with Crippen LogP contribution in [0.25, 0.3) is 0 Å². The Hall–Kier alpha value is -3.15. The molecule has 0 fully saturated rings. The molecule has 0 aromatic heterocycles. The maximum atomic E-state index is 13.2. The summed E-state index contributed by atoms with van der Waals surface area (Å²) in [5.74, 6) is -0.672. The lowest BCUT2D eigenvalue weighted by Crippen LogP contribution is -2.39. The van der Waals surface area contributed by atoms with Gasteiger partial charge in [0.1, 0.15) is 0 Å². The number of esters is 1. The van der Waals surface area contributed by atoms with E-state index in [0.29, 0.717) is 12.1 Å².